The zero-order valence-electron chi connectivity index (χ0n) is 13.5. The second-order valence-corrected chi connectivity index (χ2v) is 5.94. The number of rotatable bonds is 6. The standard InChI is InChI=1S/C16H27N3O2/c1-5-19(15(20)21-16(2,3)4)11-10-18-12-13-8-6-7-9-14(13)17/h6-9,18H,5,10-12,17H2,1-4H3. The van der Waals surface area contributed by atoms with Gasteiger partial charge in [-0.2, -0.15) is 0 Å². The molecule has 0 radical (unpaired) electrons. The van der Waals surface area contributed by atoms with Gasteiger partial charge in [-0.1, -0.05) is 18.2 Å². The number of nitrogen functional groups attached to an aromatic ring is 1. The number of carbonyl (C=O) groups excluding carboxylic acids is 1. The minimum Gasteiger partial charge on any atom is -0.444 e. The highest BCUT2D eigenvalue weighted by atomic mass is 16.6. The van der Waals surface area contributed by atoms with Crippen molar-refractivity contribution in [2.24, 2.45) is 0 Å². The number of nitrogens with one attached hydrogen (secondary N) is 1. The second kappa shape index (κ2) is 7.88. The van der Waals surface area contributed by atoms with Crippen LogP contribution in [0, 0.1) is 0 Å². The summed E-state index contributed by atoms with van der Waals surface area (Å²) in [6, 6.07) is 7.76. The Morgan fingerprint density at radius 1 is 1.33 bits per heavy atom. The Morgan fingerprint density at radius 3 is 2.57 bits per heavy atom. The van der Waals surface area contributed by atoms with Crippen molar-refractivity contribution in [1.29, 1.82) is 0 Å². The summed E-state index contributed by atoms with van der Waals surface area (Å²) in [6.07, 6.45) is -0.272. The van der Waals surface area contributed by atoms with E-state index < -0.39 is 5.60 Å². The lowest BCUT2D eigenvalue weighted by Gasteiger charge is -2.26. The van der Waals surface area contributed by atoms with E-state index >= 15 is 0 Å². The molecular weight excluding hydrogens is 266 g/mol. The van der Waals surface area contributed by atoms with E-state index in [4.69, 9.17) is 10.5 Å². The van der Waals surface area contributed by atoms with Gasteiger partial charge in [0, 0.05) is 31.9 Å². The number of hydrogen-bond donors (Lipinski definition) is 2. The largest absolute Gasteiger partial charge is 0.444 e. The number of nitrogens with two attached hydrogens (primary N) is 1. The minimum atomic E-state index is -0.462. The van der Waals surface area contributed by atoms with Crippen molar-refractivity contribution < 1.29 is 9.53 Å². The van der Waals surface area contributed by atoms with Gasteiger partial charge in [0.1, 0.15) is 5.60 Å². The molecule has 0 bridgehead atoms. The summed E-state index contributed by atoms with van der Waals surface area (Å²) >= 11 is 0. The van der Waals surface area contributed by atoms with Crippen LogP contribution in [0.1, 0.15) is 33.3 Å². The summed E-state index contributed by atoms with van der Waals surface area (Å²) in [7, 11) is 0. The molecule has 0 aliphatic heterocycles. The number of nitrogens with zero attached hydrogens (tertiary/aromatic N) is 1. The molecule has 1 aromatic carbocycles. The number of hydrogen-bond acceptors (Lipinski definition) is 4. The van der Waals surface area contributed by atoms with E-state index in [2.05, 4.69) is 5.32 Å². The molecule has 1 aromatic rings. The molecule has 3 N–H and O–H groups in total. The van der Waals surface area contributed by atoms with Gasteiger partial charge in [0.2, 0.25) is 0 Å². The molecule has 5 heteroatoms. The zero-order valence-corrected chi connectivity index (χ0v) is 13.5. The first kappa shape index (κ1) is 17.3. The molecule has 0 atom stereocenters. The van der Waals surface area contributed by atoms with E-state index in [1.54, 1.807) is 4.90 Å². The van der Waals surface area contributed by atoms with Crippen molar-refractivity contribution in [3.8, 4) is 0 Å². The summed E-state index contributed by atoms with van der Waals surface area (Å²) in [6.45, 7) is 10.2. The molecule has 1 rings (SSSR count). The van der Waals surface area contributed by atoms with Crippen molar-refractivity contribution in [3.05, 3.63) is 29.8 Å². The monoisotopic (exact) mass is 293 g/mol. The number of likely N-dealkylation sites (N-methyl/N-ethyl adjacent to an activating group) is 1. The lowest BCUT2D eigenvalue weighted by Crippen LogP contribution is -2.40. The van der Waals surface area contributed by atoms with Crippen LogP contribution in [-0.4, -0.2) is 36.2 Å². The molecule has 1 amide bonds. The molecule has 0 saturated heterocycles. The molecule has 21 heavy (non-hydrogen) atoms. The molecule has 0 heterocycles. The van der Waals surface area contributed by atoms with Gasteiger partial charge in [-0.25, -0.2) is 4.79 Å². The topological polar surface area (TPSA) is 67.6 Å². The van der Waals surface area contributed by atoms with Gasteiger partial charge in [-0.3, -0.25) is 0 Å². The molecule has 5 nitrogen and oxygen atoms in total. The van der Waals surface area contributed by atoms with Crippen LogP contribution in [0.25, 0.3) is 0 Å². The molecule has 0 aromatic heterocycles. The maximum absolute atomic E-state index is 12.0. The Balaban J connectivity index is 2.36. The van der Waals surface area contributed by atoms with Crippen molar-refractivity contribution in [3.63, 3.8) is 0 Å². The van der Waals surface area contributed by atoms with Crippen LogP contribution < -0.4 is 11.1 Å². The van der Waals surface area contributed by atoms with Crippen LogP contribution in [-0.2, 0) is 11.3 Å². The number of carbonyl (C=O) groups is 1. The van der Waals surface area contributed by atoms with E-state index in [0.717, 1.165) is 11.3 Å². The first-order valence-corrected chi connectivity index (χ1v) is 7.35. The average Bonchev–Trinajstić information content (AvgIpc) is 2.38. The average molecular weight is 293 g/mol. The van der Waals surface area contributed by atoms with E-state index in [0.29, 0.717) is 26.2 Å². The van der Waals surface area contributed by atoms with Gasteiger partial charge in [0.15, 0.2) is 0 Å². The first-order chi connectivity index (χ1) is 9.83. The molecule has 0 unspecified atom stereocenters. The fourth-order valence-corrected chi connectivity index (χ4v) is 1.84. The van der Waals surface area contributed by atoms with Gasteiger partial charge >= 0.3 is 6.09 Å². The molecule has 118 valence electrons. The fraction of sp³-hybridized carbons (Fsp3) is 0.562. The van der Waals surface area contributed by atoms with Crippen LogP contribution in [0.5, 0.6) is 0 Å². The van der Waals surface area contributed by atoms with Gasteiger partial charge in [-0.05, 0) is 39.3 Å². The van der Waals surface area contributed by atoms with Gasteiger partial charge in [-0.15, -0.1) is 0 Å². The van der Waals surface area contributed by atoms with E-state index in [9.17, 15) is 4.79 Å². The predicted molar refractivity (Wildman–Crippen MR) is 86.0 cm³/mol. The maximum Gasteiger partial charge on any atom is 0.410 e. The Hall–Kier alpha value is -1.75. The number of benzene rings is 1. The molecule has 0 saturated carbocycles. The highest BCUT2D eigenvalue weighted by molar-refractivity contribution is 5.68. The molecular formula is C16H27N3O2. The summed E-state index contributed by atoms with van der Waals surface area (Å²) in [5.41, 5.74) is 7.27. The Labute approximate surface area is 127 Å². The van der Waals surface area contributed by atoms with E-state index in [-0.39, 0.29) is 6.09 Å². The zero-order chi connectivity index (χ0) is 15.9. The molecule has 0 fully saturated rings. The minimum absolute atomic E-state index is 0.272. The Kier molecular flexibility index (Phi) is 6.49. The number of amides is 1. The normalized spacial score (nSPS) is 11.2. The maximum atomic E-state index is 12.0. The Bertz CT molecular complexity index is 455. The number of anilines is 1. The van der Waals surface area contributed by atoms with Gasteiger partial charge < -0.3 is 20.7 Å². The smallest absolute Gasteiger partial charge is 0.410 e. The second-order valence-electron chi connectivity index (χ2n) is 5.94. The van der Waals surface area contributed by atoms with Crippen molar-refractivity contribution in [2.45, 2.75) is 39.8 Å². The summed E-state index contributed by atoms with van der Waals surface area (Å²) in [5.74, 6) is 0. The first-order valence-electron chi connectivity index (χ1n) is 7.35. The van der Waals surface area contributed by atoms with Gasteiger partial charge in [0.25, 0.3) is 0 Å². The third-order valence-corrected chi connectivity index (χ3v) is 2.96. The van der Waals surface area contributed by atoms with E-state index in [1.165, 1.54) is 0 Å². The fourth-order valence-electron chi connectivity index (χ4n) is 1.84. The summed E-state index contributed by atoms with van der Waals surface area (Å²) in [4.78, 5) is 13.7. The number of para-hydroxylation sites is 1. The van der Waals surface area contributed by atoms with E-state index in [1.807, 2.05) is 52.0 Å². The highest BCUT2D eigenvalue weighted by Crippen LogP contribution is 2.10. The summed E-state index contributed by atoms with van der Waals surface area (Å²) < 4.78 is 5.36. The summed E-state index contributed by atoms with van der Waals surface area (Å²) in [5, 5.41) is 3.30. The lowest BCUT2D eigenvalue weighted by molar-refractivity contribution is 0.0262. The van der Waals surface area contributed by atoms with Gasteiger partial charge in [0.05, 0.1) is 0 Å². The van der Waals surface area contributed by atoms with Crippen LogP contribution in [0.2, 0.25) is 0 Å². The van der Waals surface area contributed by atoms with Crippen LogP contribution in [0.4, 0.5) is 10.5 Å². The lowest BCUT2D eigenvalue weighted by atomic mass is 10.2. The van der Waals surface area contributed by atoms with Crippen molar-refractivity contribution in [1.82, 2.24) is 10.2 Å². The van der Waals surface area contributed by atoms with Crippen LogP contribution >= 0.6 is 0 Å². The van der Waals surface area contributed by atoms with Crippen LogP contribution in [0.15, 0.2) is 24.3 Å². The highest BCUT2D eigenvalue weighted by Gasteiger charge is 2.20. The third-order valence-electron chi connectivity index (χ3n) is 2.96. The Morgan fingerprint density at radius 2 is 2.00 bits per heavy atom. The van der Waals surface area contributed by atoms with Crippen LogP contribution in [0.3, 0.4) is 0 Å². The number of ether oxygens (including phenoxy) is 1. The molecule has 0 aliphatic rings. The van der Waals surface area contributed by atoms with Crippen molar-refractivity contribution in [2.75, 3.05) is 25.4 Å². The quantitative estimate of drug-likeness (QED) is 0.625. The SMILES string of the molecule is CCN(CCNCc1ccccc1N)C(=O)OC(C)(C)C. The predicted octanol–water partition coefficient (Wildman–Crippen LogP) is 2.62. The molecule has 0 spiro atoms. The third kappa shape index (κ3) is 6.49. The van der Waals surface area contributed by atoms with Crippen molar-refractivity contribution >= 4 is 11.8 Å². The molecule has 0 aliphatic carbocycles.